The molecule has 0 aromatic heterocycles. The predicted octanol–water partition coefficient (Wildman–Crippen LogP) is 3.69. The predicted molar refractivity (Wildman–Crippen MR) is 94.7 cm³/mol. The van der Waals surface area contributed by atoms with E-state index >= 15 is 0 Å². The molecular weight excluding hydrogens is 282 g/mol. The lowest BCUT2D eigenvalue weighted by Crippen LogP contribution is -2.25. The summed E-state index contributed by atoms with van der Waals surface area (Å²) in [6, 6.07) is 19.1. The fraction of sp³-hybridized carbons (Fsp3) is 0.350. The minimum absolute atomic E-state index is 0.549. The molecular formula is C20H25N3. The third-order valence-corrected chi connectivity index (χ3v) is 4.05. The molecule has 0 aliphatic carbocycles. The first-order valence-electron chi connectivity index (χ1n) is 8.06. The summed E-state index contributed by atoms with van der Waals surface area (Å²) in [5.41, 5.74) is 4.54. The van der Waals surface area contributed by atoms with E-state index in [1.807, 2.05) is 24.3 Å². The SMILES string of the molecule is CC(C)N(C)Cc1cccc(CNCc2ccc(C#N)cc2)c1. The van der Waals surface area contributed by atoms with Gasteiger partial charge in [0.05, 0.1) is 11.6 Å². The summed E-state index contributed by atoms with van der Waals surface area (Å²) in [4.78, 5) is 2.34. The zero-order valence-electron chi connectivity index (χ0n) is 14.2. The molecule has 0 spiro atoms. The van der Waals surface area contributed by atoms with Crippen molar-refractivity contribution in [1.82, 2.24) is 10.2 Å². The van der Waals surface area contributed by atoms with E-state index in [-0.39, 0.29) is 0 Å². The molecule has 0 aliphatic rings. The van der Waals surface area contributed by atoms with Crippen LogP contribution in [-0.4, -0.2) is 18.0 Å². The zero-order valence-corrected chi connectivity index (χ0v) is 14.2. The molecule has 0 unspecified atom stereocenters. The smallest absolute Gasteiger partial charge is 0.0991 e. The average Bonchev–Trinajstić information content (AvgIpc) is 2.56. The minimum atomic E-state index is 0.549. The maximum atomic E-state index is 8.81. The van der Waals surface area contributed by atoms with E-state index in [1.54, 1.807) is 0 Å². The third-order valence-electron chi connectivity index (χ3n) is 4.05. The quantitative estimate of drug-likeness (QED) is 0.848. The van der Waals surface area contributed by atoms with Crippen molar-refractivity contribution in [2.45, 2.75) is 39.5 Å². The first-order chi connectivity index (χ1) is 11.1. The largest absolute Gasteiger partial charge is 0.309 e. The van der Waals surface area contributed by atoms with E-state index in [9.17, 15) is 0 Å². The van der Waals surface area contributed by atoms with Crippen molar-refractivity contribution in [3.63, 3.8) is 0 Å². The summed E-state index contributed by atoms with van der Waals surface area (Å²) in [7, 11) is 2.15. The van der Waals surface area contributed by atoms with Crippen LogP contribution in [0.4, 0.5) is 0 Å². The van der Waals surface area contributed by atoms with Gasteiger partial charge >= 0.3 is 0 Å². The summed E-state index contributed by atoms with van der Waals surface area (Å²) in [6.07, 6.45) is 0. The second-order valence-electron chi connectivity index (χ2n) is 6.24. The number of hydrogen-bond acceptors (Lipinski definition) is 3. The van der Waals surface area contributed by atoms with E-state index in [0.717, 1.165) is 19.6 Å². The minimum Gasteiger partial charge on any atom is -0.309 e. The molecule has 3 nitrogen and oxygen atoms in total. The fourth-order valence-electron chi connectivity index (χ4n) is 2.36. The first kappa shape index (κ1) is 17.2. The summed E-state index contributed by atoms with van der Waals surface area (Å²) >= 11 is 0. The Balaban J connectivity index is 1.86. The summed E-state index contributed by atoms with van der Waals surface area (Å²) in [5, 5.41) is 12.3. The first-order valence-corrected chi connectivity index (χ1v) is 8.06. The lowest BCUT2D eigenvalue weighted by Gasteiger charge is -2.21. The van der Waals surface area contributed by atoms with Gasteiger partial charge in [0.2, 0.25) is 0 Å². The van der Waals surface area contributed by atoms with Crippen LogP contribution < -0.4 is 5.32 Å². The molecule has 3 heteroatoms. The van der Waals surface area contributed by atoms with Crippen molar-refractivity contribution < 1.29 is 0 Å². The van der Waals surface area contributed by atoms with Crippen LogP contribution in [0.15, 0.2) is 48.5 Å². The van der Waals surface area contributed by atoms with E-state index < -0.39 is 0 Å². The molecule has 0 saturated heterocycles. The van der Waals surface area contributed by atoms with E-state index in [4.69, 9.17) is 5.26 Å². The van der Waals surface area contributed by atoms with Gasteiger partial charge in [-0.1, -0.05) is 36.4 Å². The molecule has 1 N–H and O–H groups in total. The Labute approximate surface area is 139 Å². The van der Waals surface area contributed by atoms with Gasteiger partial charge in [-0.25, -0.2) is 0 Å². The van der Waals surface area contributed by atoms with Gasteiger partial charge in [0.1, 0.15) is 0 Å². The zero-order chi connectivity index (χ0) is 16.7. The van der Waals surface area contributed by atoms with Crippen molar-refractivity contribution >= 4 is 0 Å². The average molecular weight is 307 g/mol. The van der Waals surface area contributed by atoms with Crippen molar-refractivity contribution in [3.05, 3.63) is 70.8 Å². The Morgan fingerprint density at radius 3 is 2.30 bits per heavy atom. The Morgan fingerprint density at radius 1 is 1.00 bits per heavy atom. The fourth-order valence-corrected chi connectivity index (χ4v) is 2.36. The number of nitriles is 1. The molecule has 0 amide bonds. The van der Waals surface area contributed by atoms with Gasteiger partial charge in [-0.05, 0) is 49.7 Å². The standard InChI is InChI=1S/C20H25N3/c1-16(2)23(3)15-20-6-4-5-19(11-20)14-22-13-18-9-7-17(12-21)8-10-18/h4-11,16,22H,13-15H2,1-3H3. The summed E-state index contributed by atoms with van der Waals surface area (Å²) in [6.45, 7) is 7.05. The maximum absolute atomic E-state index is 8.81. The van der Waals surface area contributed by atoms with Crippen LogP contribution in [0.2, 0.25) is 0 Å². The topological polar surface area (TPSA) is 39.1 Å². The molecule has 2 aromatic rings. The number of benzene rings is 2. The van der Waals surface area contributed by atoms with E-state index in [1.165, 1.54) is 16.7 Å². The number of nitrogens with one attached hydrogen (secondary N) is 1. The van der Waals surface area contributed by atoms with Gasteiger partial charge in [0.25, 0.3) is 0 Å². The maximum Gasteiger partial charge on any atom is 0.0991 e. The second-order valence-corrected chi connectivity index (χ2v) is 6.24. The van der Waals surface area contributed by atoms with Crippen LogP contribution in [-0.2, 0) is 19.6 Å². The monoisotopic (exact) mass is 307 g/mol. The van der Waals surface area contributed by atoms with Gasteiger partial charge < -0.3 is 5.32 Å². The van der Waals surface area contributed by atoms with Gasteiger partial charge in [-0.2, -0.15) is 5.26 Å². The highest BCUT2D eigenvalue weighted by atomic mass is 15.1. The highest BCUT2D eigenvalue weighted by molar-refractivity contribution is 5.31. The van der Waals surface area contributed by atoms with Gasteiger partial charge in [0.15, 0.2) is 0 Å². The number of hydrogen-bond donors (Lipinski definition) is 1. The highest BCUT2D eigenvalue weighted by Gasteiger charge is 2.04. The molecule has 0 atom stereocenters. The molecule has 0 bridgehead atoms. The molecule has 0 fully saturated rings. The van der Waals surface area contributed by atoms with Crippen molar-refractivity contribution in [2.75, 3.05) is 7.05 Å². The van der Waals surface area contributed by atoms with Crippen molar-refractivity contribution in [2.24, 2.45) is 0 Å². The summed E-state index contributed by atoms with van der Waals surface area (Å²) in [5.74, 6) is 0. The Hall–Kier alpha value is -2.15. The molecule has 120 valence electrons. The van der Waals surface area contributed by atoms with Crippen LogP contribution in [0.25, 0.3) is 0 Å². The van der Waals surface area contributed by atoms with Crippen LogP contribution in [0.1, 0.15) is 36.1 Å². The molecule has 23 heavy (non-hydrogen) atoms. The molecule has 0 heterocycles. The molecule has 2 rings (SSSR count). The lowest BCUT2D eigenvalue weighted by molar-refractivity contribution is 0.266. The van der Waals surface area contributed by atoms with Gasteiger partial charge in [0, 0.05) is 25.7 Å². The Kier molecular flexibility index (Phi) is 6.34. The van der Waals surface area contributed by atoms with E-state index in [2.05, 4.69) is 61.4 Å². The van der Waals surface area contributed by atoms with Crippen LogP contribution in [0, 0.1) is 11.3 Å². The molecule has 0 aliphatic heterocycles. The third kappa shape index (κ3) is 5.52. The summed E-state index contributed by atoms with van der Waals surface area (Å²) < 4.78 is 0. The Morgan fingerprint density at radius 2 is 1.65 bits per heavy atom. The van der Waals surface area contributed by atoms with Crippen LogP contribution in [0.3, 0.4) is 0 Å². The van der Waals surface area contributed by atoms with Crippen LogP contribution >= 0.6 is 0 Å². The highest BCUT2D eigenvalue weighted by Crippen LogP contribution is 2.10. The normalized spacial score (nSPS) is 11.0. The van der Waals surface area contributed by atoms with Gasteiger partial charge in [-0.3, -0.25) is 4.90 Å². The van der Waals surface area contributed by atoms with Crippen LogP contribution in [0.5, 0.6) is 0 Å². The van der Waals surface area contributed by atoms with Crippen molar-refractivity contribution in [1.29, 1.82) is 5.26 Å². The van der Waals surface area contributed by atoms with E-state index in [0.29, 0.717) is 11.6 Å². The number of nitrogens with zero attached hydrogens (tertiary/aromatic N) is 2. The molecule has 0 radical (unpaired) electrons. The van der Waals surface area contributed by atoms with Gasteiger partial charge in [-0.15, -0.1) is 0 Å². The number of rotatable bonds is 7. The molecule has 2 aromatic carbocycles. The Bertz CT molecular complexity index is 653. The molecule has 0 saturated carbocycles. The van der Waals surface area contributed by atoms with Crippen molar-refractivity contribution in [3.8, 4) is 6.07 Å². The lowest BCUT2D eigenvalue weighted by atomic mass is 10.1. The second kappa shape index (κ2) is 8.47.